The van der Waals surface area contributed by atoms with Gasteiger partial charge in [0.15, 0.2) is 17.2 Å². The minimum absolute atomic E-state index is 0.0913. The number of pyridine rings is 1. The molecule has 1 aromatic heterocycles. The fourth-order valence-corrected chi connectivity index (χ4v) is 4.07. The summed E-state index contributed by atoms with van der Waals surface area (Å²) in [6, 6.07) is 17.3. The fraction of sp³-hybridized carbons (Fsp3) is 0.355. The standard InChI is InChI=1S/C31H34FNO7/c1-20(16-27(35)29-30(40-22(3)34)28(37-4)14-15-33-29)31(36)39-21(2)25(17-23-10-12-26(32)13-11-23)19-38-18-24-8-6-5-7-9-24/h5-15,20-21,25H,16-19H2,1-4H3/t20-,21+,25-/m1/s1. The molecule has 3 aromatic rings. The third-order valence-electron chi connectivity index (χ3n) is 6.31. The van der Waals surface area contributed by atoms with E-state index in [1.807, 2.05) is 30.3 Å². The van der Waals surface area contributed by atoms with Crippen molar-refractivity contribution >= 4 is 17.7 Å². The summed E-state index contributed by atoms with van der Waals surface area (Å²) in [5.74, 6) is -2.97. The molecule has 3 rings (SSSR count). The third kappa shape index (κ3) is 8.98. The van der Waals surface area contributed by atoms with Crippen molar-refractivity contribution in [2.45, 2.75) is 46.3 Å². The van der Waals surface area contributed by atoms with Crippen LogP contribution in [0.2, 0.25) is 0 Å². The number of esters is 2. The van der Waals surface area contributed by atoms with E-state index in [2.05, 4.69) is 4.98 Å². The molecule has 0 saturated carbocycles. The van der Waals surface area contributed by atoms with Crippen molar-refractivity contribution in [2.24, 2.45) is 11.8 Å². The summed E-state index contributed by atoms with van der Waals surface area (Å²) in [4.78, 5) is 41.6. The van der Waals surface area contributed by atoms with Gasteiger partial charge in [-0.2, -0.15) is 0 Å². The summed E-state index contributed by atoms with van der Waals surface area (Å²) >= 11 is 0. The highest BCUT2D eigenvalue weighted by atomic mass is 19.1. The van der Waals surface area contributed by atoms with Gasteiger partial charge in [0.2, 0.25) is 5.75 Å². The third-order valence-corrected chi connectivity index (χ3v) is 6.31. The predicted octanol–water partition coefficient (Wildman–Crippen LogP) is 5.37. The summed E-state index contributed by atoms with van der Waals surface area (Å²) in [5, 5.41) is 0. The Bertz CT molecular complexity index is 1280. The van der Waals surface area contributed by atoms with Gasteiger partial charge in [0.25, 0.3) is 0 Å². The van der Waals surface area contributed by atoms with Crippen LogP contribution < -0.4 is 9.47 Å². The Morgan fingerprint density at radius 3 is 2.30 bits per heavy atom. The van der Waals surface area contributed by atoms with E-state index in [1.165, 1.54) is 38.4 Å². The maximum atomic E-state index is 13.4. The average molecular weight is 552 g/mol. The van der Waals surface area contributed by atoms with Crippen LogP contribution in [0.1, 0.15) is 48.8 Å². The predicted molar refractivity (Wildman–Crippen MR) is 145 cm³/mol. The molecule has 0 fully saturated rings. The van der Waals surface area contributed by atoms with Crippen LogP contribution in [-0.2, 0) is 32.1 Å². The number of ketones is 1. The number of Topliss-reactive ketones (excluding diaryl/α,β-unsaturated/α-hetero) is 1. The number of methoxy groups -OCH3 is 1. The molecule has 2 aromatic carbocycles. The Morgan fingerprint density at radius 2 is 1.65 bits per heavy atom. The van der Waals surface area contributed by atoms with Gasteiger partial charge >= 0.3 is 11.9 Å². The normalized spacial score (nSPS) is 13.1. The van der Waals surface area contributed by atoms with Crippen LogP contribution in [-0.4, -0.2) is 42.5 Å². The largest absolute Gasteiger partial charge is 0.493 e. The van der Waals surface area contributed by atoms with E-state index in [0.29, 0.717) is 19.6 Å². The molecule has 0 aliphatic heterocycles. The zero-order valence-electron chi connectivity index (χ0n) is 23.1. The number of halogens is 1. The fourth-order valence-electron chi connectivity index (χ4n) is 4.07. The van der Waals surface area contributed by atoms with Gasteiger partial charge in [0.05, 0.1) is 26.2 Å². The number of hydrogen-bond acceptors (Lipinski definition) is 8. The smallest absolute Gasteiger partial charge is 0.309 e. The molecule has 0 amide bonds. The van der Waals surface area contributed by atoms with Gasteiger partial charge in [-0.05, 0) is 36.6 Å². The van der Waals surface area contributed by atoms with Crippen LogP contribution in [0.5, 0.6) is 11.5 Å². The number of aromatic nitrogens is 1. The maximum Gasteiger partial charge on any atom is 0.309 e. The zero-order chi connectivity index (χ0) is 29.1. The lowest BCUT2D eigenvalue weighted by Gasteiger charge is -2.25. The highest BCUT2D eigenvalue weighted by molar-refractivity contribution is 5.99. The number of hydrogen-bond donors (Lipinski definition) is 0. The Kier molecular flexibility index (Phi) is 11.3. The van der Waals surface area contributed by atoms with Gasteiger partial charge in [0.1, 0.15) is 11.9 Å². The van der Waals surface area contributed by atoms with Crippen molar-refractivity contribution in [3.8, 4) is 11.5 Å². The van der Waals surface area contributed by atoms with E-state index in [4.69, 9.17) is 18.9 Å². The van der Waals surface area contributed by atoms with Crippen LogP contribution in [0.15, 0.2) is 66.9 Å². The molecular formula is C31H34FNO7. The van der Waals surface area contributed by atoms with Gasteiger partial charge in [-0.15, -0.1) is 0 Å². The van der Waals surface area contributed by atoms with E-state index in [-0.39, 0.29) is 35.3 Å². The van der Waals surface area contributed by atoms with E-state index in [1.54, 1.807) is 26.0 Å². The summed E-state index contributed by atoms with van der Waals surface area (Å²) < 4.78 is 35.5. The summed E-state index contributed by atoms with van der Waals surface area (Å²) in [7, 11) is 1.38. The number of carbonyl (C=O) groups excluding carboxylic acids is 3. The number of carbonyl (C=O) groups is 3. The van der Waals surface area contributed by atoms with E-state index in [9.17, 15) is 18.8 Å². The van der Waals surface area contributed by atoms with Gasteiger partial charge in [-0.3, -0.25) is 14.4 Å². The lowest BCUT2D eigenvalue weighted by molar-refractivity contribution is -0.156. The Morgan fingerprint density at radius 1 is 0.950 bits per heavy atom. The molecule has 0 aliphatic rings. The first-order valence-electron chi connectivity index (χ1n) is 13.0. The molecule has 0 radical (unpaired) electrons. The molecule has 1 heterocycles. The molecule has 0 N–H and O–H groups in total. The average Bonchev–Trinajstić information content (AvgIpc) is 2.93. The minimum Gasteiger partial charge on any atom is -0.493 e. The molecule has 212 valence electrons. The molecule has 3 atom stereocenters. The van der Waals surface area contributed by atoms with Crippen LogP contribution in [0.3, 0.4) is 0 Å². The highest BCUT2D eigenvalue weighted by Gasteiger charge is 2.28. The monoisotopic (exact) mass is 551 g/mol. The van der Waals surface area contributed by atoms with Gasteiger partial charge < -0.3 is 18.9 Å². The van der Waals surface area contributed by atoms with Crippen molar-refractivity contribution < 1.29 is 37.7 Å². The van der Waals surface area contributed by atoms with Crippen LogP contribution in [0.25, 0.3) is 0 Å². The second-order valence-electron chi connectivity index (χ2n) is 9.55. The quantitative estimate of drug-likeness (QED) is 0.195. The molecule has 0 saturated heterocycles. The van der Waals surface area contributed by atoms with Crippen molar-refractivity contribution in [2.75, 3.05) is 13.7 Å². The van der Waals surface area contributed by atoms with E-state index < -0.39 is 29.7 Å². The summed E-state index contributed by atoms with van der Waals surface area (Å²) in [6.45, 7) is 5.25. The molecule has 8 nitrogen and oxygen atoms in total. The van der Waals surface area contributed by atoms with Crippen molar-refractivity contribution in [1.82, 2.24) is 4.98 Å². The van der Waals surface area contributed by atoms with Crippen molar-refractivity contribution in [3.05, 3.63) is 89.5 Å². The van der Waals surface area contributed by atoms with Crippen molar-refractivity contribution in [1.29, 1.82) is 0 Å². The topological polar surface area (TPSA) is 101 Å². The Labute approximate surface area is 233 Å². The van der Waals surface area contributed by atoms with Gasteiger partial charge in [0, 0.05) is 31.5 Å². The first-order chi connectivity index (χ1) is 19.2. The van der Waals surface area contributed by atoms with Gasteiger partial charge in [-0.1, -0.05) is 49.4 Å². The summed E-state index contributed by atoms with van der Waals surface area (Å²) in [6.07, 6.45) is 1.08. The Hall–Kier alpha value is -4.11. The molecule has 0 spiro atoms. The first-order valence-corrected chi connectivity index (χ1v) is 13.0. The highest BCUT2D eigenvalue weighted by Crippen LogP contribution is 2.31. The number of rotatable bonds is 14. The number of ether oxygens (including phenoxy) is 4. The Balaban J connectivity index is 1.66. The molecule has 0 bridgehead atoms. The molecule has 0 aliphatic carbocycles. The summed E-state index contributed by atoms with van der Waals surface area (Å²) in [5.41, 5.74) is 1.78. The minimum atomic E-state index is -0.801. The molecule has 0 unspecified atom stereocenters. The lowest BCUT2D eigenvalue weighted by Crippen LogP contribution is -2.32. The van der Waals surface area contributed by atoms with Crippen LogP contribution in [0, 0.1) is 17.7 Å². The lowest BCUT2D eigenvalue weighted by atomic mass is 9.95. The zero-order valence-corrected chi connectivity index (χ0v) is 23.1. The second kappa shape index (κ2) is 14.9. The van der Waals surface area contributed by atoms with Gasteiger partial charge in [-0.25, -0.2) is 9.37 Å². The first kappa shape index (κ1) is 30.4. The molecule has 40 heavy (non-hydrogen) atoms. The molecule has 9 heteroatoms. The van der Waals surface area contributed by atoms with E-state index in [0.717, 1.165) is 11.1 Å². The molecular weight excluding hydrogens is 517 g/mol. The second-order valence-corrected chi connectivity index (χ2v) is 9.55. The number of nitrogens with zero attached hydrogens (tertiary/aromatic N) is 1. The van der Waals surface area contributed by atoms with E-state index >= 15 is 0 Å². The SMILES string of the molecule is COc1ccnc(C(=O)C[C@@H](C)C(=O)O[C@@H](C)[C@@H](COCc2ccccc2)Cc2ccc(F)cc2)c1OC(C)=O. The van der Waals surface area contributed by atoms with Crippen LogP contribution >= 0.6 is 0 Å². The number of benzene rings is 2. The maximum absolute atomic E-state index is 13.4. The van der Waals surface area contributed by atoms with Crippen molar-refractivity contribution in [3.63, 3.8) is 0 Å². The van der Waals surface area contributed by atoms with Crippen LogP contribution in [0.4, 0.5) is 4.39 Å².